The Bertz CT molecular complexity index is 700. The predicted molar refractivity (Wildman–Crippen MR) is 99.2 cm³/mol. The Morgan fingerprint density at radius 1 is 1.20 bits per heavy atom. The third-order valence-electron chi connectivity index (χ3n) is 5.32. The van der Waals surface area contributed by atoms with Crippen molar-refractivity contribution in [2.75, 3.05) is 36.7 Å². The molecule has 138 valence electrons. The molecule has 2 heterocycles. The molecule has 1 aromatic carbocycles. The first-order chi connectivity index (χ1) is 11.9. The molecule has 1 spiro atoms. The first-order valence-corrected chi connectivity index (χ1v) is 10.7. The summed E-state index contributed by atoms with van der Waals surface area (Å²) >= 11 is 0. The topological polar surface area (TPSA) is 78.5 Å². The minimum atomic E-state index is -3.30. The van der Waals surface area contributed by atoms with Gasteiger partial charge in [-0.15, -0.1) is 0 Å². The van der Waals surface area contributed by atoms with Gasteiger partial charge in [-0.3, -0.25) is 9.52 Å². The Labute approximate surface area is 150 Å². The minimum absolute atomic E-state index is 0.0313. The summed E-state index contributed by atoms with van der Waals surface area (Å²) in [5.41, 5.74) is 1.50. The summed E-state index contributed by atoms with van der Waals surface area (Å²) < 4.78 is 26.1. The highest BCUT2D eigenvalue weighted by atomic mass is 32.2. The first-order valence-electron chi connectivity index (χ1n) is 9.04. The Morgan fingerprint density at radius 2 is 1.88 bits per heavy atom. The minimum Gasteiger partial charge on any atom is -0.339 e. The Morgan fingerprint density at radius 3 is 2.44 bits per heavy atom. The fraction of sp³-hybridized carbons (Fsp3) is 0.611. The van der Waals surface area contributed by atoms with Crippen LogP contribution in [0.2, 0.25) is 0 Å². The summed E-state index contributed by atoms with van der Waals surface area (Å²) in [5, 5.41) is 3.43. The maximum absolute atomic E-state index is 12.7. The third-order valence-corrected chi connectivity index (χ3v) is 6.81. The van der Waals surface area contributed by atoms with Crippen molar-refractivity contribution in [2.24, 2.45) is 5.41 Å². The normalized spacial score (nSPS) is 20.0. The molecule has 3 rings (SSSR count). The second kappa shape index (κ2) is 7.33. The lowest BCUT2D eigenvalue weighted by atomic mass is 9.78. The highest BCUT2D eigenvalue weighted by molar-refractivity contribution is 7.92. The number of carbonyl (C=O) groups excluding carboxylic acids is 1. The van der Waals surface area contributed by atoms with Crippen molar-refractivity contribution in [3.63, 3.8) is 0 Å². The van der Waals surface area contributed by atoms with Crippen molar-refractivity contribution in [1.29, 1.82) is 0 Å². The van der Waals surface area contributed by atoms with Crippen LogP contribution in [0.3, 0.4) is 0 Å². The quantitative estimate of drug-likeness (QED) is 0.837. The number of anilines is 1. The number of piperidine rings is 1. The van der Waals surface area contributed by atoms with Gasteiger partial charge < -0.3 is 10.2 Å². The maximum Gasteiger partial charge on any atom is 0.253 e. The van der Waals surface area contributed by atoms with Crippen LogP contribution in [-0.2, 0) is 10.0 Å². The summed E-state index contributed by atoms with van der Waals surface area (Å²) in [5.74, 6) is 0.127. The second-order valence-electron chi connectivity index (χ2n) is 7.22. The van der Waals surface area contributed by atoms with Crippen LogP contribution in [0.15, 0.2) is 24.3 Å². The van der Waals surface area contributed by atoms with Gasteiger partial charge >= 0.3 is 0 Å². The molecule has 0 unspecified atom stereocenters. The molecule has 7 heteroatoms. The van der Waals surface area contributed by atoms with Crippen molar-refractivity contribution < 1.29 is 13.2 Å². The molecule has 2 N–H and O–H groups in total. The van der Waals surface area contributed by atoms with Crippen molar-refractivity contribution >= 4 is 21.6 Å². The Balaban J connectivity index is 1.59. The van der Waals surface area contributed by atoms with Gasteiger partial charge in [0.05, 0.1) is 5.75 Å². The number of hydrogen-bond donors (Lipinski definition) is 2. The molecule has 2 fully saturated rings. The van der Waals surface area contributed by atoms with E-state index in [0.717, 1.165) is 39.0 Å². The molecule has 6 nitrogen and oxygen atoms in total. The fourth-order valence-corrected chi connectivity index (χ4v) is 4.90. The molecule has 0 saturated carbocycles. The van der Waals surface area contributed by atoms with Gasteiger partial charge in [0, 0.05) is 30.9 Å². The molecule has 25 heavy (non-hydrogen) atoms. The lowest BCUT2D eigenvalue weighted by Gasteiger charge is -2.38. The zero-order valence-corrected chi connectivity index (χ0v) is 15.6. The largest absolute Gasteiger partial charge is 0.339 e. The average molecular weight is 365 g/mol. The average Bonchev–Trinajstić information content (AvgIpc) is 3.03. The molecule has 1 aromatic rings. The molecule has 1 amide bonds. The van der Waals surface area contributed by atoms with E-state index in [1.165, 1.54) is 6.42 Å². The van der Waals surface area contributed by atoms with Gasteiger partial charge in [0.25, 0.3) is 5.91 Å². The van der Waals surface area contributed by atoms with E-state index in [1.807, 2.05) is 11.8 Å². The van der Waals surface area contributed by atoms with Gasteiger partial charge in [0.1, 0.15) is 0 Å². The smallest absolute Gasteiger partial charge is 0.253 e. The summed E-state index contributed by atoms with van der Waals surface area (Å²) in [6.07, 6.45) is 3.89. The standard InChI is InChI=1S/C18H27N3O3S/c1-2-13-25(23,24)20-16-5-3-15(4-6-16)17(22)21-11-8-18(9-12-21)7-10-19-14-18/h3-6,19-20H,2,7-14H2,1H3. The van der Waals surface area contributed by atoms with Crippen LogP contribution in [0.25, 0.3) is 0 Å². The van der Waals surface area contributed by atoms with Gasteiger partial charge in [-0.1, -0.05) is 6.92 Å². The van der Waals surface area contributed by atoms with E-state index in [9.17, 15) is 13.2 Å². The van der Waals surface area contributed by atoms with E-state index in [1.54, 1.807) is 24.3 Å². The summed E-state index contributed by atoms with van der Waals surface area (Å²) in [4.78, 5) is 14.6. The van der Waals surface area contributed by atoms with E-state index in [4.69, 9.17) is 0 Å². The van der Waals surface area contributed by atoms with Crippen LogP contribution in [0.1, 0.15) is 43.0 Å². The molecule has 0 aromatic heterocycles. The first kappa shape index (κ1) is 18.2. The Hall–Kier alpha value is -1.60. The van der Waals surface area contributed by atoms with Crippen molar-refractivity contribution in [1.82, 2.24) is 10.2 Å². The number of likely N-dealkylation sites (tertiary alicyclic amines) is 1. The van der Waals surface area contributed by atoms with Crippen molar-refractivity contribution in [2.45, 2.75) is 32.6 Å². The summed E-state index contributed by atoms with van der Waals surface area (Å²) in [7, 11) is -3.30. The van der Waals surface area contributed by atoms with Crippen molar-refractivity contribution in [3.05, 3.63) is 29.8 Å². The van der Waals surface area contributed by atoms with Crippen LogP contribution in [0, 0.1) is 5.41 Å². The number of carbonyl (C=O) groups is 1. The molecule has 0 radical (unpaired) electrons. The highest BCUT2D eigenvalue weighted by Gasteiger charge is 2.38. The van der Waals surface area contributed by atoms with Crippen LogP contribution >= 0.6 is 0 Å². The van der Waals surface area contributed by atoms with Gasteiger partial charge in [0.15, 0.2) is 0 Å². The predicted octanol–water partition coefficient (Wildman–Crippen LogP) is 2.05. The Kier molecular flexibility index (Phi) is 5.34. The van der Waals surface area contributed by atoms with Gasteiger partial charge in [-0.05, 0) is 61.9 Å². The second-order valence-corrected chi connectivity index (χ2v) is 9.06. The zero-order valence-electron chi connectivity index (χ0n) is 14.8. The van der Waals surface area contributed by atoms with E-state index < -0.39 is 10.0 Å². The van der Waals surface area contributed by atoms with Crippen LogP contribution in [0.4, 0.5) is 5.69 Å². The molecule has 2 aliphatic rings. The SMILES string of the molecule is CCCS(=O)(=O)Nc1ccc(C(=O)N2CCC3(CCNC3)CC2)cc1. The fourth-order valence-electron chi connectivity index (χ4n) is 3.77. The molecule has 0 bridgehead atoms. The van der Waals surface area contributed by atoms with Crippen molar-refractivity contribution in [3.8, 4) is 0 Å². The summed E-state index contributed by atoms with van der Waals surface area (Å²) in [6, 6.07) is 6.72. The number of hydrogen-bond acceptors (Lipinski definition) is 4. The van der Waals surface area contributed by atoms with Gasteiger partial charge in [0.2, 0.25) is 10.0 Å². The van der Waals surface area contributed by atoms with E-state index in [-0.39, 0.29) is 11.7 Å². The number of benzene rings is 1. The third kappa shape index (κ3) is 4.33. The zero-order chi connectivity index (χ0) is 17.9. The van der Waals surface area contributed by atoms with Crippen LogP contribution in [0.5, 0.6) is 0 Å². The lowest BCUT2D eigenvalue weighted by Crippen LogP contribution is -2.44. The van der Waals surface area contributed by atoms with Crippen LogP contribution in [-0.4, -0.2) is 51.2 Å². The number of amides is 1. The monoisotopic (exact) mass is 365 g/mol. The lowest BCUT2D eigenvalue weighted by molar-refractivity contribution is 0.0607. The number of sulfonamides is 1. The molecule has 2 aliphatic heterocycles. The van der Waals surface area contributed by atoms with Gasteiger partial charge in [-0.25, -0.2) is 8.42 Å². The number of rotatable bonds is 5. The van der Waals surface area contributed by atoms with E-state index >= 15 is 0 Å². The highest BCUT2D eigenvalue weighted by Crippen LogP contribution is 2.37. The molecular weight excluding hydrogens is 338 g/mol. The summed E-state index contributed by atoms with van der Waals surface area (Å²) in [6.45, 7) is 5.58. The van der Waals surface area contributed by atoms with Crippen LogP contribution < -0.4 is 10.0 Å². The molecular formula is C18H27N3O3S. The maximum atomic E-state index is 12.7. The number of nitrogens with zero attached hydrogens (tertiary/aromatic N) is 1. The molecule has 2 saturated heterocycles. The van der Waals surface area contributed by atoms with Gasteiger partial charge in [-0.2, -0.15) is 0 Å². The number of nitrogens with one attached hydrogen (secondary N) is 2. The molecule has 0 atom stereocenters. The molecule has 0 aliphatic carbocycles. The van der Waals surface area contributed by atoms with E-state index in [2.05, 4.69) is 10.0 Å². The van der Waals surface area contributed by atoms with E-state index in [0.29, 0.717) is 23.1 Å².